The minimum Gasteiger partial charge on any atom is -0.297 e. The fraction of sp³-hybridized carbons (Fsp3) is 0.562. The molecular formula is C16H23N5OS. The van der Waals surface area contributed by atoms with Gasteiger partial charge in [-0.15, -0.1) is 11.3 Å². The van der Waals surface area contributed by atoms with Crippen LogP contribution in [-0.2, 0) is 6.42 Å². The summed E-state index contributed by atoms with van der Waals surface area (Å²) in [6, 6.07) is 2.15. The molecule has 0 bridgehead atoms. The topological polar surface area (TPSA) is 71.8 Å². The summed E-state index contributed by atoms with van der Waals surface area (Å²) in [5, 5.41) is 12.0. The van der Waals surface area contributed by atoms with Crippen LogP contribution in [0.5, 0.6) is 0 Å². The molecule has 0 unspecified atom stereocenters. The van der Waals surface area contributed by atoms with Crippen LogP contribution in [0.15, 0.2) is 6.07 Å². The van der Waals surface area contributed by atoms with Crippen molar-refractivity contribution in [3.8, 4) is 0 Å². The van der Waals surface area contributed by atoms with Crippen LogP contribution >= 0.6 is 11.3 Å². The second kappa shape index (κ2) is 6.31. The molecular weight excluding hydrogens is 310 g/mol. The highest BCUT2D eigenvalue weighted by Gasteiger charge is 2.26. The lowest BCUT2D eigenvalue weighted by Crippen LogP contribution is -2.20. The molecule has 0 radical (unpaired) electrons. The Morgan fingerprint density at radius 2 is 2.13 bits per heavy atom. The number of thiazole rings is 1. The van der Waals surface area contributed by atoms with Crippen molar-refractivity contribution < 1.29 is 4.79 Å². The van der Waals surface area contributed by atoms with Gasteiger partial charge in [0, 0.05) is 11.8 Å². The van der Waals surface area contributed by atoms with E-state index in [1.165, 1.54) is 24.2 Å². The number of aromatic nitrogens is 3. The molecule has 0 saturated heterocycles. The number of amides is 2. The van der Waals surface area contributed by atoms with Crippen LogP contribution < -0.4 is 10.6 Å². The van der Waals surface area contributed by atoms with Crippen molar-refractivity contribution in [3.63, 3.8) is 0 Å². The molecule has 2 heterocycles. The van der Waals surface area contributed by atoms with Crippen molar-refractivity contribution in [1.29, 1.82) is 0 Å². The average Bonchev–Trinajstić information content (AvgIpc) is 3.14. The minimum absolute atomic E-state index is 0.265. The molecule has 2 amide bonds. The second-order valence-electron chi connectivity index (χ2n) is 6.53. The van der Waals surface area contributed by atoms with Crippen LogP contribution in [0.3, 0.4) is 0 Å². The Balaban J connectivity index is 1.66. The lowest BCUT2D eigenvalue weighted by atomic mass is 10.1. The van der Waals surface area contributed by atoms with Crippen molar-refractivity contribution in [2.75, 3.05) is 10.6 Å². The summed E-state index contributed by atoms with van der Waals surface area (Å²) in [6.45, 7) is 8.26. The maximum absolute atomic E-state index is 12.2. The van der Waals surface area contributed by atoms with Gasteiger partial charge in [-0.1, -0.05) is 13.8 Å². The average molecular weight is 333 g/mol. The van der Waals surface area contributed by atoms with Crippen LogP contribution in [0.4, 0.5) is 15.6 Å². The fourth-order valence-corrected chi connectivity index (χ4v) is 3.42. The zero-order valence-corrected chi connectivity index (χ0v) is 14.8. The number of hydrogen-bond donors (Lipinski definition) is 2. The van der Waals surface area contributed by atoms with E-state index in [0.29, 0.717) is 17.8 Å². The van der Waals surface area contributed by atoms with Gasteiger partial charge in [-0.2, -0.15) is 5.10 Å². The van der Waals surface area contributed by atoms with Crippen molar-refractivity contribution in [3.05, 3.63) is 22.5 Å². The normalized spacial score (nSPS) is 14.3. The van der Waals surface area contributed by atoms with Gasteiger partial charge in [-0.25, -0.2) is 9.78 Å². The van der Waals surface area contributed by atoms with Gasteiger partial charge < -0.3 is 0 Å². The van der Waals surface area contributed by atoms with Gasteiger partial charge in [0.2, 0.25) is 0 Å². The Bertz CT molecular complexity index is 714. The zero-order valence-electron chi connectivity index (χ0n) is 14.0. The van der Waals surface area contributed by atoms with E-state index in [1.54, 1.807) is 0 Å². The highest BCUT2D eigenvalue weighted by atomic mass is 32.1. The summed E-state index contributed by atoms with van der Waals surface area (Å²) < 4.78 is 2.00. The smallest absolute Gasteiger partial charge is 0.297 e. The highest BCUT2D eigenvalue weighted by Crippen LogP contribution is 2.35. The molecule has 1 saturated carbocycles. The second-order valence-corrected chi connectivity index (χ2v) is 7.74. The van der Waals surface area contributed by atoms with E-state index in [4.69, 9.17) is 0 Å². The molecule has 7 heteroatoms. The predicted molar refractivity (Wildman–Crippen MR) is 93.3 cm³/mol. The Labute approximate surface area is 140 Å². The van der Waals surface area contributed by atoms with Crippen molar-refractivity contribution >= 4 is 28.2 Å². The first-order valence-corrected chi connectivity index (χ1v) is 8.84. The van der Waals surface area contributed by atoms with Gasteiger partial charge in [0.1, 0.15) is 5.00 Å². The quantitative estimate of drug-likeness (QED) is 0.864. The molecule has 0 spiro atoms. The molecule has 1 aliphatic rings. The molecule has 1 fully saturated rings. The van der Waals surface area contributed by atoms with Crippen LogP contribution in [0.25, 0.3) is 0 Å². The van der Waals surface area contributed by atoms with E-state index in [-0.39, 0.29) is 6.03 Å². The van der Waals surface area contributed by atoms with Crippen LogP contribution in [0.1, 0.15) is 49.1 Å². The molecule has 6 nitrogen and oxygen atoms in total. The van der Waals surface area contributed by atoms with E-state index >= 15 is 0 Å². The summed E-state index contributed by atoms with van der Waals surface area (Å²) in [4.78, 5) is 16.8. The molecule has 124 valence electrons. The molecule has 0 aromatic carbocycles. The molecule has 2 aromatic heterocycles. The highest BCUT2D eigenvalue weighted by molar-refractivity contribution is 7.16. The number of hydrogen-bond acceptors (Lipinski definition) is 4. The van der Waals surface area contributed by atoms with Gasteiger partial charge in [-0.3, -0.25) is 15.3 Å². The number of nitrogens with one attached hydrogen (secondary N) is 2. The largest absolute Gasteiger partial charge is 0.325 e. The first kappa shape index (κ1) is 16.0. The molecule has 2 N–H and O–H groups in total. The summed E-state index contributed by atoms with van der Waals surface area (Å²) in [5.41, 5.74) is 2.04. The first-order chi connectivity index (χ1) is 10.9. The first-order valence-electron chi connectivity index (χ1n) is 8.03. The maximum Gasteiger partial charge on any atom is 0.325 e. The third kappa shape index (κ3) is 3.90. The zero-order chi connectivity index (χ0) is 16.6. The molecule has 23 heavy (non-hydrogen) atoms. The summed E-state index contributed by atoms with van der Waals surface area (Å²) >= 11 is 1.51. The Hall–Kier alpha value is -1.89. The third-order valence-electron chi connectivity index (χ3n) is 3.69. The molecule has 2 aromatic rings. The summed E-state index contributed by atoms with van der Waals surface area (Å²) in [6.07, 6.45) is 3.20. The predicted octanol–water partition coefficient (Wildman–Crippen LogP) is 4.13. The number of aryl methyl sites for hydroxylation is 2. The van der Waals surface area contributed by atoms with E-state index in [2.05, 4.69) is 34.6 Å². The Kier molecular flexibility index (Phi) is 4.39. The maximum atomic E-state index is 12.2. The summed E-state index contributed by atoms with van der Waals surface area (Å²) in [5.74, 6) is 1.09. The monoisotopic (exact) mass is 333 g/mol. The number of rotatable bonds is 5. The Morgan fingerprint density at radius 1 is 1.39 bits per heavy atom. The van der Waals surface area contributed by atoms with E-state index in [9.17, 15) is 4.79 Å². The van der Waals surface area contributed by atoms with E-state index in [1.807, 2.05) is 24.6 Å². The van der Waals surface area contributed by atoms with Gasteiger partial charge in [-0.05, 0) is 39.0 Å². The van der Waals surface area contributed by atoms with E-state index in [0.717, 1.165) is 27.8 Å². The number of anilines is 2. The fourth-order valence-electron chi connectivity index (χ4n) is 2.58. The number of carbonyl (C=O) groups excluding carboxylic acids is 1. The van der Waals surface area contributed by atoms with Crippen LogP contribution in [0, 0.1) is 19.8 Å². The number of carbonyl (C=O) groups is 1. The van der Waals surface area contributed by atoms with Gasteiger partial charge in [0.15, 0.2) is 5.82 Å². The number of urea groups is 1. The number of nitrogens with zero attached hydrogens (tertiary/aromatic N) is 3. The van der Waals surface area contributed by atoms with Gasteiger partial charge in [0.05, 0.1) is 16.7 Å². The lowest BCUT2D eigenvalue weighted by molar-refractivity contribution is 0.262. The Morgan fingerprint density at radius 3 is 2.78 bits per heavy atom. The van der Waals surface area contributed by atoms with Gasteiger partial charge in [0.25, 0.3) is 0 Å². The van der Waals surface area contributed by atoms with Crippen molar-refractivity contribution in [2.45, 2.75) is 53.0 Å². The van der Waals surface area contributed by atoms with Crippen LogP contribution in [-0.4, -0.2) is 20.8 Å². The molecule has 3 rings (SSSR count). The van der Waals surface area contributed by atoms with E-state index < -0.39 is 0 Å². The third-order valence-corrected chi connectivity index (χ3v) is 4.62. The standard InChI is InChI=1S/C16H23N5OS/c1-9(2)7-13-15(23-11(4)17-13)19-16(22)18-14-8-10(3)21(20-14)12-5-6-12/h8-9,12H,5-7H2,1-4H3,(H2,18,19,20,22). The van der Waals surface area contributed by atoms with Crippen LogP contribution in [0.2, 0.25) is 0 Å². The minimum atomic E-state index is -0.265. The van der Waals surface area contributed by atoms with Gasteiger partial charge >= 0.3 is 6.03 Å². The van der Waals surface area contributed by atoms with Crippen molar-refractivity contribution in [2.24, 2.45) is 5.92 Å². The molecule has 0 atom stereocenters. The SMILES string of the molecule is Cc1nc(CC(C)C)c(NC(=O)Nc2cc(C)n(C3CC3)n2)s1. The lowest BCUT2D eigenvalue weighted by Gasteiger charge is -2.07. The van der Waals surface area contributed by atoms with Crippen molar-refractivity contribution in [1.82, 2.24) is 14.8 Å². The summed E-state index contributed by atoms with van der Waals surface area (Å²) in [7, 11) is 0. The molecule has 1 aliphatic carbocycles. The molecule has 0 aliphatic heterocycles.